The van der Waals surface area contributed by atoms with Crippen LogP contribution in [0.15, 0.2) is 30.3 Å². The molecule has 3 nitrogen and oxygen atoms in total. The fourth-order valence-corrected chi connectivity index (χ4v) is 4.31. The lowest BCUT2D eigenvalue weighted by atomic mass is 10.0. The summed E-state index contributed by atoms with van der Waals surface area (Å²) in [4.78, 5) is 17.4. The molecule has 1 aliphatic rings. The molecule has 0 spiro atoms. The molecule has 0 N–H and O–H groups in total. The fraction of sp³-hybridized carbons (Fsp3) is 0.632. The standard InChI is InChI=1S/C19H30N2OS/c1-15(2)18(23-14-16-9-6-5-7-10-16)19(22)21-12-8-11-17(13-21)20(3)4/h5-7,9-10,15,17-18H,8,11-14H2,1-4H3. The smallest absolute Gasteiger partial charge is 0.236 e. The van der Waals surface area contributed by atoms with Crippen LogP contribution in [0, 0.1) is 5.92 Å². The van der Waals surface area contributed by atoms with Crippen molar-refractivity contribution >= 4 is 17.7 Å². The fourth-order valence-electron chi connectivity index (χ4n) is 3.07. The molecule has 1 aromatic rings. The van der Waals surface area contributed by atoms with Crippen molar-refractivity contribution in [1.82, 2.24) is 9.80 Å². The third-order valence-electron chi connectivity index (χ3n) is 4.56. The first-order valence-electron chi connectivity index (χ1n) is 8.59. The van der Waals surface area contributed by atoms with E-state index in [1.165, 1.54) is 12.0 Å². The minimum absolute atomic E-state index is 0.0520. The lowest BCUT2D eigenvalue weighted by Gasteiger charge is -2.38. The number of rotatable bonds is 6. The van der Waals surface area contributed by atoms with Crippen LogP contribution in [0.2, 0.25) is 0 Å². The maximum absolute atomic E-state index is 13.0. The highest BCUT2D eigenvalue weighted by atomic mass is 32.2. The Kier molecular flexibility index (Phi) is 6.97. The van der Waals surface area contributed by atoms with Gasteiger partial charge in [-0.25, -0.2) is 0 Å². The van der Waals surface area contributed by atoms with E-state index in [-0.39, 0.29) is 5.25 Å². The molecule has 0 bridgehead atoms. The van der Waals surface area contributed by atoms with Crippen molar-refractivity contribution in [1.29, 1.82) is 0 Å². The number of likely N-dealkylation sites (tertiary alicyclic amines) is 1. The molecule has 128 valence electrons. The van der Waals surface area contributed by atoms with Gasteiger partial charge >= 0.3 is 0 Å². The van der Waals surface area contributed by atoms with Gasteiger partial charge in [0, 0.05) is 24.9 Å². The van der Waals surface area contributed by atoms with Gasteiger partial charge in [-0.2, -0.15) is 0 Å². The molecule has 0 aromatic heterocycles. The molecule has 2 rings (SSSR count). The van der Waals surface area contributed by atoms with Gasteiger partial charge in [-0.1, -0.05) is 44.2 Å². The molecule has 1 aliphatic heterocycles. The number of thioether (sulfide) groups is 1. The largest absolute Gasteiger partial charge is 0.340 e. The zero-order valence-corrected chi connectivity index (χ0v) is 15.7. The molecular weight excluding hydrogens is 304 g/mol. The summed E-state index contributed by atoms with van der Waals surface area (Å²) >= 11 is 1.79. The van der Waals surface area contributed by atoms with E-state index in [4.69, 9.17) is 0 Å². The highest BCUT2D eigenvalue weighted by molar-refractivity contribution is 7.99. The second kappa shape index (κ2) is 8.74. The molecular formula is C19H30N2OS. The van der Waals surface area contributed by atoms with E-state index in [1.807, 2.05) is 6.07 Å². The minimum Gasteiger partial charge on any atom is -0.340 e. The van der Waals surface area contributed by atoms with E-state index >= 15 is 0 Å². The second-order valence-electron chi connectivity index (χ2n) is 7.01. The molecule has 1 heterocycles. The van der Waals surface area contributed by atoms with Crippen molar-refractivity contribution in [3.8, 4) is 0 Å². The van der Waals surface area contributed by atoms with Crippen molar-refractivity contribution in [2.45, 2.75) is 43.7 Å². The van der Waals surface area contributed by atoms with Gasteiger partial charge < -0.3 is 9.80 Å². The maximum atomic E-state index is 13.0. The number of hydrogen-bond acceptors (Lipinski definition) is 3. The van der Waals surface area contributed by atoms with E-state index in [1.54, 1.807) is 11.8 Å². The lowest BCUT2D eigenvalue weighted by Crippen LogP contribution is -2.50. The number of likely N-dealkylation sites (N-methyl/N-ethyl adjacent to an activating group) is 1. The number of nitrogens with zero attached hydrogens (tertiary/aromatic N) is 2. The van der Waals surface area contributed by atoms with E-state index in [0.29, 0.717) is 17.9 Å². The predicted molar refractivity (Wildman–Crippen MR) is 99.7 cm³/mol. The Balaban J connectivity index is 1.97. The van der Waals surface area contributed by atoms with Crippen LogP contribution in [-0.4, -0.2) is 54.2 Å². The van der Waals surface area contributed by atoms with Crippen LogP contribution in [0.4, 0.5) is 0 Å². The Morgan fingerprint density at radius 2 is 2.00 bits per heavy atom. The summed E-state index contributed by atoms with van der Waals surface area (Å²) in [5, 5.41) is 0.0520. The molecule has 4 heteroatoms. The summed E-state index contributed by atoms with van der Waals surface area (Å²) in [5.41, 5.74) is 1.29. The molecule has 23 heavy (non-hydrogen) atoms. The summed E-state index contributed by atoms with van der Waals surface area (Å²) < 4.78 is 0. The van der Waals surface area contributed by atoms with Gasteiger partial charge in [0.15, 0.2) is 0 Å². The Morgan fingerprint density at radius 1 is 1.30 bits per heavy atom. The quantitative estimate of drug-likeness (QED) is 0.795. The van der Waals surface area contributed by atoms with Crippen molar-refractivity contribution in [3.63, 3.8) is 0 Å². The van der Waals surface area contributed by atoms with Crippen molar-refractivity contribution in [2.75, 3.05) is 27.2 Å². The van der Waals surface area contributed by atoms with Crippen molar-refractivity contribution in [3.05, 3.63) is 35.9 Å². The lowest BCUT2D eigenvalue weighted by molar-refractivity contribution is -0.133. The van der Waals surface area contributed by atoms with Crippen LogP contribution in [0.25, 0.3) is 0 Å². The highest BCUT2D eigenvalue weighted by Gasteiger charge is 2.31. The van der Waals surface area contributed by atoms with Gasteiger partial charge in [0.2, 0.25) is 5.91 Å². The second-order valence-corrected chi connectivity index (χ2v) is 8.14. The third kappa shape index (κ3) is 5.25. The number of carbonyl (C=O) groups excluding carboxylic acids is 1. The maximum Gasteiger partial charge on any atom is 0.236 e. The minimum atomic E-state index is 0.0520. The zero-order valence-electron chi connectivity index (χ0n) is 14.9. The average Bonchev–Trinajstić information content (AvgIpc) is 2.55. The molecule has 1 saturated heterocycles. The molecule has 2 unspecified atom stereocenters. The average molecular weight is 335 g/mol. The summed E-state index contributed by atoms with van der Waals surface area (Å²) in [6.07, 6.45) is 2.31. The molecule has 1 amide bonds. The molecule has 0 aliphatic carbocycles. The predicted octanol–water partition coefficient (Wildman–Crippen LogP) is 3.50. The van der Waals surface area contributed by atoms with Crippen LogP contribution in [0.1, 0.15) is 32.3 Å². The first-order chi connectivity index (χ1) is 11.0. The van der Waals surface area contributed by atoms with Crippen LogP contribution in [-0.2, 0) is 10.5 Å². The summed E-state index contributed by atoms with van der Waals surface area (Å²) in [7, 11) is 4.23. The number of benzene rings is 1. The van der Waals surface area contributed by atoms with Gasteiger partial charge in [-0.3, -0.25) is 4.79 Å². The van der Waals surface area contributed by atoms with E-state index < -0.39 is 0 Å². The Morgan fingerprint density at radius 3 is 2.61 bits per heavy atom. The molecule has 0 radical (unpaired) electrons. The van der Waals surface area contributed by atoms with Gasteiger partial charge in [0.25, 0.3) is 0 Å². The Hall–Kier alpha value is -1.00. The summed E-state index contributed by atoms with van der Waals surface area (Å²) in [5.74, 6) is 1.59. The number of piperidine rings is 1. The van der Waals surface area contributed by atoms with E-state index in [9.17, 15) is 4.79 Å². The number of hydrogen-bond donors (Lipinski definition) is 0. The summed E-state index contributed by atoms with van der Waals surface area (Å²) in [6.45, 7) is 6.11. The van der Waals surface area contributed by atoms with Gasteiger partial charge in [0.05, 0.1) is 5.25 Å². The number of carbonyl (C=O) groups is 1. The highest BCUT2D eigenvalue weighted by Crippen LogP contribution is 2.27. The first kappa shape index (κ1) is 18.3. The molecule has 2 atom stereocenters. The molecule has 0 saturated carbocycles. The van der Waals surface area contributed by atoms with Crippen LogP contribution in [0.5, 0.6) is 0 Å². The Bertz CT molecular complexity index is 489. The topological polar surface area (TPSA) is 23.6 Å². The summed E-state index contributed by atoms with van der Waals surface area (Å²) in [6, 6.07) is 10.9. The number of amides is 1. The van der Waals surface area contributed by atoms with Crippen molar-refractivity contribution < 1.29 is 4.79 Å². The zero-order chi connectivity index (χ0) is 16.8. The van der Waals surface area contributed by atoms with E-state index in [0.717, 1.165) is 25.3 Å². The SMILES string of the molecule is CC(C)C(SCc1ccccc1)C(=O)N1CCCC(N(C)C)C1. The molecule has 1 aromatic carbocycles. The monoisotopic (exact) mass is 334 g/mol. The molecule has 1 fully saturated rings. The van der Waals surface area contributed by atoms with Crippen molar-refractivity contribution in [2.24, 2.45) is 5.92 Å². The van der Waals surface area contributed by atoms with Gasteiger partial charge in [-0.05, 0) is 38.4 Å². The van der Waals surface area contributed by atoms with Gasteiger partial charge in [-0.15, -0.1) is 11.8 Å². The first-order valence-corrected chi connectivity index (χ1v) is 9.64. The normalized spacial score (nSPS) is 20.1. The van der Waals surface area contributed by atoms with Crippen LogP contribution < -0.4 is 0 Å². The van der Waals surface area contributed by atoms with Crippen LogP contribution in [0.3, 0.4) is 0 Å². The third-order valence-corrected chi connectivity index (χ3v) is 6.16. The van der Waals surface area contributed by atoms with Gasteiger partial charge in [0.1, 0.15) is 0 Å². The van der Waals surface area contributed by atoms with Crippen LogP contribution >= 0.6 is 11.8 Å². The Labute approximate surface area is 145 Å². The van der Waals surface area contributed by atoms with E-state index in [2.05, 4.69) is 62.0 Å².